The van der Waals surface area contributed by atoms with Crippen molar-refractivity contribution in [3.8, 4) is 0 Å². The van der Waals surface area contributed by atoms with Gasteiger partial charge in [-0.1, -0.05) is 19.1 Å². The van der Waals surface area contributed by atoms with Crippen LogP contribution >= 0.6 is 0 Å². The molecule has 2 aromatic rings. The second-order valence-corrected chi connectivity index (χ2v) is 3.97. The molecule has 0 spiro atoms. The van der Waals surface area contributed by atoms with Gasteiger partial charge in [0.15, 0.2) is 12.0 Å². The molecule has 1 aromatic heterocycles. The van der Waals surface area contributed by atoms with Crippen molar-refractivity contribution in [2.24, 2.45) is 0 Å². The zero-order valence-electron chi connectivity index (χ0n) is 10.3. The number of ketones is 1. The largest absolute Gasteiger partial charge is 0.292 e. The van der Waals surface area contributed by atoms with Gasteiger partial charge in [-0.15, -0.1) is 0 Å². The average molecular weight is 303 g/mol. The molecule has 0 aliphatic heterocycles. The summed E-state index contributed by atoms with van der Waals surface area (Å²) in [5.41, 5.74) is 1.11. The summed E-state index contributed by atoms with van der Waals surface area (Å²) in [5, 5.41) is 1.17. The smallest absolute Gasteiger partial charge is 0.213 e. The Morgan fingerprint density at radius 3 is 2.59 bits per heavy atom. The van der Waals surface area contributed by atoms with Gasteiger partial charge in [0.1, 0.15) is 0 Å². The summed E-state index contributed by atoms with van der Waals surface area (Å²) >= 11 is 0. The number of hydrogen-bond acceptors (Lipinski definition) is 1. The molecule has 0 bridgehead atoms. The van der Waals surface area contributed by atoms with Gasteiger partial charge in [-0.2, -0.15) is 4.57 Å². The maximum atomic E-state index is 11.7. The second kappa shape index (κ2) is 6.37. The molecule has 3 heteroatoms. The summed E-state index contributed by atoms with van der Waals surface area (Å²) in [7, 11) is 0. The zero-order chi connectivity index (χ0) is 11.5. The Hall–Kier alpha value is -0.596. The van der Waals surface area contributed by atoms with Crippen LogP contribution in [0.2, 0.25) is 0 Å². The van der Waals surface area contributed by atoms with Gasteiger partial charge in [-0.3, -0.25) is 4.79 Å². The Kier molecular flexibility index (Phi) is 5.42. The van der Waals surface area contributed by atoms with Crippen LogP contribution in [-0.2, 0) is 37.5 Å². The maximum Gasteiger partial charge on any atom is 0.213 e. The fourth-order valence-electron chi connectivity index (χ4n) is 1.97. The second-order valence-electron chi connectivity index (χ2n) is 3.97. The molecule has 1 aromatic carbocycles. The van der Waals surface area contributed by atoms with E-state index in [1.54, 1.807) is 0 Å². The summed E-state index contributed by atoms with van der Waals surface area (Å²) < 4.78 is 2.04. The van der Waals surface area contributed by atoms with E-state index in [9.17, 15) is 4.79 Å². The normalized spacial score (nSPS) is 11.9. The summed E-state index contributed by atoms with van der Waals surface area (Å²) in [5.74, 6) is 0.265. The van der Waals surface area contributed by atoms with Gasteiger partial charge in [0.05, 0.1) is 0 Å². The van der Waals surface area contributed by atoms with E-state index in [0.717, 1.165) is 5.52 Å². The molecular weight excluding hydrogens is 287 g/mol. The molecule has 1 radical (unpaired) electrons. The van der Waals surface area contributed by atoms with E-state index in [2.05, 4.69) is 18.2 Å². The summed E-state index contributed by atoms with van der Waals surface area (Å²) in [4.78, 5) is 11.7. The molecule has 0 aliphatic rings. The molecule has 0 saturated heterocycles. The molecule has 1 unspecified atom stereocenters. The minimum Gasteiger partial charge on any atom is -0.292 e. The number of pyridine rings is 1. The van der Waals surface area contributed by atoms with Crippen molar-refractivity contribution < 1.29 is 42.1 Å². The van der Waals surface area contributed by atoms with Crippen LogP contribution in [0.1, 0.15) is 26.3 Å². The molecule has 1 atom stereocenters. The molecule has 0 fully saturated rings. The van der Waals surface area contributed by atoms with Crippen LogP contribution in [0.4, 0.5) is 0 Å². The molecule has 85 valence electrons. The van der Waals surface area contributed by atoms with Crippen LogP contribution in [-0.4, -0.2) is 5.78 Å². The van der Waals surface area contributed by atoms with E-state index < -0.39 is 0 Å². The first-order valence-electron chi connectivity index (χ1n) is 5.65. The number of benzene rings is 1. The van der Waals surface area contributed by atoms with Crippen LogP contribution < -0.4 is 4.57 Å². The number of carbonyl (C=O) groups is 1. The van der Waals surface area contributed by atoms with Crippen LogP contribution in [0.5, 0.6) is 0 Å². The van der Waals surface area contributed by atoms with Crippen molar-refractivity contribution in [3.63, 3.8) is 0 Å². The van der Waals surface area contributed by atoms with E-state index >= 15 is 0 Å². The third-order valence-electron chi connectivity index (χ3n) is 2.97. The van der Waals surface area contributed by atoms with Crippen molar-refractivity contribution in [3.05, 3.63) is 42.6 Å². The van der Waals surface area contributed by atoms with Crippen molar-refractivity contribution in [2.45, 2.75) is 26.3 Å². The minimum absolute atomic E-state index is 0. The van der Waals surface area contributed by atoms with Crippen molar-refractivity contribution >= 4 is 16.7 Å². The van der Waals surface area contributed by atoms with Gasteiger partial charge in [-0.05, 0) is 12.1 Å². The number of para-hydroxylation sites is 1. The van der Waals surface area contributed by atoms with Crippen LogP contribution in [0.15, 0.2) is 42.6 Å². The molecule has 0 saturated carbocycles. The minimum atomic E-state index is -0.0869. The molecule has 0 aliphatic carbocycles. The van der Waals surface area contributed by atoms with Gasteiger partial charge in [0.2, 0.25) is 11.6 Å². The van der Waals surface area contributed by atoms with Crippen molar-refractivity contribution in [2.75, 3.05) is 0 Å². The van der Waals surface area contributed by atoms with E-state index in [-0.39, 0.29) is 44.5 Å². The monoisotopic (exact) mass is 303 g/mol. The molecule has 2 nitrogen and oxygen atoms in total. The Morgan fingerprint density at radius 1 is 1.24 bits per heavy atom. The first kappa shape index (κ1) is 14.5. The average Bonchev–Trinajstić information content (AvgIpc) is 2.36. The Balaban J connectivity index is 0.00000144. The standard InChI is InChI=1S/C14H16NO.Y/c1-3-14(16)11(2)15-10-6-8-12-7-4-5-9-13(12)15;/h4-11H,3H2,1-2H3;/q+1;. The van der Waals surface area contributed by atoms with E-state index in [4.69, 9.17) is 0 Å². The van der Waals surface area contributed by atoms with E-state index in [1.807, 2.05) is 42.8 Å². The van der Waals surface area contributed by atoms with Crippen LogP contribution in [0.25, 0.3) is 10.9 Å². The molecule has 17 heavy (non-hydrogen) atoms. The topological polar surface area (TPSA) is 20.9 Å². The quantitative estimate of drug-likeness (QED) is 0.799. The van der Waals surface area contributed by atoms with E-state index in [0.29, 0.717) is 6.42 Å². The predicted octanol–water partition coefficient (Wildman–Crippen LogP) is 2.66. The molecule has 0 N–H and O–H groups in total. The zero-order valence-corrected chi connectivity index (χ0v) is 13.1. The molecular formula is C14H16NOY+. The third-order valence-corrected chi connectivity index (χ3v) is 2.97. The number of fused-ring (bicyclic) bond motifs is 1. The number of hydrogen-bond donors (Lipinski definition) is 0. The van der Waals surface area contributed by atoms with Crippen LogP contribution in [0, 0.1) is 0 Å². The number of nitrogens with zero attached hydrogens (tertiary/aromatic N) is 1. The Morgan fingerprint density at radius 2 is 1.88 bits per heavy atom. The number of aromatic nitrogens is 1. The fraction of sp³-hybridized carbons (Fsp3) is 0.286. The van der Waals surface area contributed by atoms with Gasteiger partial charge in [0.25, 0.3) is 0 Å². The van der Waals surface area contributed by atoms with Crippen LogP contribution in [0.3, 0.4) is 0 Å². The van der Waals surface area contributed by atoms with Gasteiger partial charge < -0.3 is 0 Å². The first-order valence-corrected chi connectivity index (χ1v) is 5.65. The first-order chi connectivity index (χ1) is 7.74. The van der Waals surface area contributed by atoms with Gasteiger partial charge >= 0.3 is 0 Å². The van der Waals surface area contributed by atoms with Crippen molar-refractivity contribution in [1.82, 2.24) is 0 Å². The van der Waals surface area contributed by atoms with Crippen molar-refractivity contribution in [1.29, 1.82) is 0 Å². The fourth-order valence-corrected chi connectivity index (χ4v) is 1.97. The van der Waals surface area contributed by atoms with Gasteiger partial charge in [-0.25, -0.2) is 0 Å². The SMILES string of the molecule is CCC(=O)C(C)[n+]1cccc2ccccc21.[Y]. The number of carbonyl (C=O) groups excluding carboxylic acids is 1. The number of rotatable bonds is 3. The summed E-state index contributed by atoms with van der Waals surface area (Å²) in [6, 6.07) is 12.1. The van der Waals surface area contributed by atoms with E-state index in [1.165, 1.54) is 5.39 Å². The van der Waals surface area contributed by atoms with Gasteiger partial charge in [0, 0.05) is 63.6 Å². The predicted molar refractivity (Wildman–Crippen MR) is 64.2 cm³/mol. The third kappa shape index (κ3) is 2.99. The Labute approximate surface area is 127 Å². The molecule has 2 rings (SSSR count). The molecule has 1 heterocycles. The molecule has 0 amide bonds. The maximum absolute atomic E-state index is 11.7. The Bertz CT molecular complexity index is 519. The summed E-state index contributed by atoms with van der Waals surface area (Å²) in [6.45, 7) is 3.86. The summed E-state index contributed by atoms with van der Waals surface area (Å²) in [6.07, 6.45) is 2.55. The number of Topliss-reactive ketones (excluding diaryl/α,β-unsaturated/α-hetero) is 1.